The van der Waals surface area contributed by atoms with Crippen molar-refractivity contribution in [2.45, 2.75) is 26.9 Å². The van der Waals surface area contributed by atoms with Gasteiger partial charge in [0.15, 0.2) is 0 Å². The van der Waals surface area contributed by atoms with Gasteiger partial charge in [-0.05, 0) is 42.7 Å². The van der Waals surface area contributed by atoms with Crippen LogP contribution in [0.15, 0.2) is 66.1 Å². The van der Waals surface area contributed by atoms with Crippen molar-refractivity contribution in [3.8, 4) is 5.75 Å². The summed E-state index contributed by atoms with van der Waals surface area (Å²) in [6.07, 6.45) is 2.15. The molecule has 0 aliphatic carbocycles. The van der Waals surface area contributed by atoms with Gasteiger partial charge in [-0.3, -0.25) is 0 Å². The third kappa shape index (κ3) is 5.79. The van der Waals surface area contributed by atoms with Gasteiger partial charge in [0.25, 0.3) is 0 Å². The van der Waals surface area contributed by atoms with Crippen LogP contribution in [0.1, 0.15) is 28.8 Å². The van der Waals surface area contributed by atoms with Gasteiger partial charge < -0.3 is 9.47 Å². The van der Waals surface area contributed by atoms with Crippen LogP contribution in [0.2, 0.25) is 0 Å². The van der Waals surface area contributed by atoms with Gasteiger partial charge in [-0.15, -0.1) is 11.3 Å². The van der Waals surface area contributed by atoms with Crippen molar-refractivity contribution in [3.63, 3.8) is 0 Å². The second-order valence-electron chi connectivity index (χ2n) is 6.31. The molecule has 3 rings (SSSR count). The molecule has 0 N–H and O–H groups in total. The topological polar surface area (TPSA) is 48.4 Å². The highest BCUT2D eigenvalue weighted by Gasteiger charge is 2.11. The van der Waals surface area contributed by atoms with Crippen molar-refractivity contribution in [1.29, 1.82) is 0 Å². The van der Waals surface area contributed by atoms with E-state index in [2.05, 4.69) is 4.98 Å². The minimum absolute atomic E-state index is 0.340. The van der Waals surface area contributed by atoms with E-state index in [4.69, 9.17) is 9.47 Å². The largest absolute Gasteiger partial charge is 0.489 e. The van der Waals surface area contributed by atoms with Gasteiger partial charge in [-0.1, -0.05) is 42.5 Å². The Balaban J connectivity index is 1.69. The lowest BCUT2D eigenvalue weighted by Crippen LogP contribution is -2.02. The van der Waals surface area contributed by atoms with E-state index in [9.17, 15) is 4.79 Å². The monoisotopic (exact) mass is 393 g/mol. The lowest BCUT2D eigenvalue weighted by molar-refractivity contribution is -0.137. The first-order chi connectivity index (χ1) is 13.6. The number of rotatable bonds is 8. The Kier molecular flexibility index (Phi) is 6.98. The summed E-state index contributed by atoms with van der Waals surface area (Å²) < 4.78 is 10.9. The van der Waals surface area contributed by atoms with Gasteiger partial charge in [0.2, 0.25) is 0 Å². The number of hydrogen-bond acceptors (Lipinski definition) is 5. The number of nitrogens with zero attached hydrogens (tertiary/aromatic N) is 1. The van der Waals surface area contributed by atoms with Crippen molar-refractivity contribution >= 4 is 22.9 Å². The van der Waals surface area contributed by atoms with Gasteiger partial charge in [0, 0.05) is 23.6 Å². The average molecular weight is 394 g/mol. The van der Waals surface area contributed by atoms with Crippen molar-refractivity contribution in [3.05, 3.63) is 87.9 Å². The third-order valence-electron chi connectivity index (χ3n) is 4.04. The summed E-state index contributed by atoms with van der Waals surface area (Å²) in [6, 6.07) is 18.0. The molecule has 3 aromatic rings. The molecule has 1 heterocycles. The number of thiazole rings is 1. The lowest BCUT2D eigenvalue weighted by Gasteiger charge is -2.09. The first-order valence-corrected chi connectivity index (χ1v) is 10.1. The van der Waals surface area contributed by atoms with Crippen LogP contribution in [-0.4, -0.2) is 17.6 Å². The Hall–Kier alpha value is -2.92. The summed E-state index contributed by atoms with van der Waals surface area (Å²) in [4.78, 5) is 16.5. The molecule has 0 saturated carbocycles. The van der Waals surface area contributed by atoms with E-state index in [-0.39, 0.29) is 5.97 Å². The van der Waals surface area contributed by atoms with Crippen LogP contribution >= 0.6 is 11.3 Å². The van der Waals surface area contributed by atoms with Crippen LogP contribution in [0.5, 0.6) is 5.75 Å². The normalized spacial score (nSPS) is 11.3. The van der Waals surface area contributed by atoms with E-state index in [1.807, 2.05) is 66.9 Å². The highest BCUT2D eigenvalue weighted by molar-refractivity contribution is 7.10. The molecule has 0 aliphatic rings. The standard InChI is InChI=1S/C23H23NO3S/c1-3-26-22(25)14-20(23-24-17(2)16-28-23)13-18-9-11-21(12-10-18)27-15-19-7-5-4-6-8-19/h4-12,14,16H,3,13,15H2,1-2H3. The van der Waals surface area contributed by atoms with E-state index >= 15 is 0 Å². The van der Waals surface area contributed by atoms with Crippen LogP contribution in [0, 0.1) is 6.92 Å². The Bertz CT molecular complexity index is 930. The molecule has 0 bridgehead atoms. The number of hydrogen-bond donors (Lipinski definition) is 0. The van der Waals surface area contributed by atoms with Crippen LogP contribution < -0.4 is 4.74 Å². The number of benzene rings is 2. The third-order valence-corrected chi connectivity index (χ3v) is 5.07. The summed E-state index contributed by atoms with van der Waals surface area (Å²) in [5.74, 6) is 0.474. The maximum Gasteiger partial charge on any atom is 0.331 e. The molecule has 0 saturated heterocycles. The Labute approximate surface area is 169 Å². The SMILES string of the molecule is CCOC(=O)C=C(Cc1ccc(OCc2ccccc2)cc1)c1nc(C)cs1. The van der Waals surface area contributed by atoms with Crippen LogP contribution in [0.4, 0.5) is 0 Å². The number of ether oxygens (including phenoxy) is 2. The minimum atomic E-state index is -0.340. The van der Waals surface area contributed by atoms with Crippen molar-refractivity contribution in [2.24, 2.45) is 0 Å². The molecule has 28 heavy (non-hydrogen) atoms. The van der Waals surface area contributed by atoms with Crippen molar-refractivity contribution < 1.29 is 14.3 Å². The molecule has 0 atom stereocenters. The molecule has 144 valence electrons. The number of aromatic nitrogens is 1. The van der Waals surface area contributed by atoms with Gasteiger partial charge in [-0.25, -0.2) is 9.78 Å². The molecular formula is C23H23NO3S. The fourth-order valence-electron chi connectivity index (χ4n) is 2.68. The van der Waals surface area contributed by atoms with Gasteiger partial charge >= 0.3 is 5.97 Å². The summed E-state index contributed by atoms with van der Waals surface area (Å²) in [5.41, 5.74) is 4.01. The molecule has 0 aliphatic heterocycles. The number of allylic oxidation sites excluding steroid dienone is 1. The van der Waals surface area contributed by atoms with Gasteiger partial charge in [0.1, 0.15) is 17.4 Å². The van der Waals surface area contributed by atoms with E-state index in [0.29, 0.717) is 19.6 Å². The molecule has 5 heteroatoms. The zero-order valence-electron chi connectivity index (χ0n) is 16.1. The molecule has 0 fully saturated rings. The Morgan fingerprint density at radius 3 is 2.46 bits per heavy atom. The molecule has 2 aromatic carbocycles. The summed E-state index contributed by atoms with van der Waals surface area (Å²) in [6.45, 7) is 4.63. The van der Waals surface area contributed by atoms with E-state index in [0.717, 1.165) is 33.2 Å². The van der Waals surface area contributed by atoms with Crippen LogP contribution in [-0.2, 0) is 22.6 Å². The molecule has 0 spiro atoms. The predicted molar refractivity (Wildman–Crippen MR) is 112 cm³/mol. The fourth-order valence-corrected chi connectivity index (χ4v) is 3.49. The predicted octanol–water partition coefficient (Wildman–Crippen LogP) is 5.22. The fraction of sp³-hybridized carbons (Fsp3) is 0.217. The lowest BCUT2D eigenvalue weighted by atomic mass is 10.0. The zero-order valence-corrected chi connectivity index (χ0v) is 16.9. The molecule has 1 aromatic heterocycles. The molecule has 4 nitrogen and oxygen atoms in total. The second-order valence-corrected chi connectivity index (χ2v) is 7.17. The molecule has 0 amide bonds. The summed E-state index contributed by atoms with van der Waals surface area (Å²) in [7, 11) is 0. The highest BCUT2D eigenvalue weighted by Crippen LogP contribution is 2.25. The highest BCUT2D eigenvalue weighted by atomic mass is 32.1. The number of esters is 1. The quantitative estimate of drug-likeness (QED) is 0.389. The van der Waals surface area contributed by atoms with Gasteiger partial charge in [-0.2, -0.15) is 0 Å². The summed E-state index contributed by atoms with van der Waals surface area (Å²) in [5, 5.41) is 2.82. The first kappa shape index (κ1) is 19.8. The minimum Gasteiger partial charge on any atom is -0.489 e. The number of carbonyl (C=O) groups is 1. The first-order valence-electron chi connectivity index (χ1n) is 9.19. The number of carbonyl (C=O) groups excluding carboxylic acids is 1. The maximum atomic E-state index is 12.0. The zero-order chi connectivity index (χ0) is 19.8. The number of aryl methyl sites for hydroxylation is 1. The molecular weight excluding hydrogens is 370 g/mol. The van der Waals surface area contributed by atoms with Gasteiger partial charge in [0.05, 0.1) is 6.61 Å². The Morgan fingerprint density at radius 1 is 1.07 bits per heavy atom. The smallest absolute Gasteiger partial charge is 0.331 e. The van der Waals surface area contributed by atoms with Crippen LogP contribution in [0.3, 0.4) is 0 Å². The van der Waals surface area contributed by atoms with Crippen molar-refractivity contribution in [2.75, 3.05) is 6.61 Å². The van der Waals surface area contributed by atoms with E-state index in [1.165, 1.54) is 11.3 Å². The van der Waals surface area contributed by atoms with E-state index < -0.39 is 0 Å². The maximum absolute atomic E-state index is 12.0. The second kappa shape index (κ2) is 9.85. The molecule has 0 unspecified atom stereocenters. The van der Waals surface area contributed by atoms with Crippen molar-refractivity contribution in [1.82, 2.24) is 4.98 Å². The average Bonchev–Trinajstić information content (AvgIpc) is 3.14. The molecule has 0 radical (unpaired) electrons. The van der Waals surface area contributed by atoms with E-state index in [1.54, 1.807) is 13.0 Å². The summed E-state index contributed by atoms with van der Waals surface area (Å²) >= 11 is 1.53. The van der Waals surface area contributed by atoms with Crippen LogP contribution in [0.25, 0.3) is 5.57 Å². The Morgan fingerprint density at radius 2 is 1.82 bits per heavy atom.